The smallest absolute Gasteiger partial charge is 0.0484 e. The van der Waals surface area contributed by atoms with Crippen molar-refractivity contribution in [3.05, 3.63) is 78.1 Å². The number of benzene rings is 2. The molecule has 4 aromatic rings. The molecule has 2 aromatic heterocycles. The van der Waals surface area contributed by atoms with Crippen LogP contribution in [-0.4, -0.2) is 9.13 Å². The molecule has 0 amide bonds. The summed E-state index contributed by atoms with van der Waals surface area (Å²) < 4.78 is 4.42. The first-order chi connectivity index (χ1) is 11.2. The largest absolute Gasteiger partial charge is 0.350 e. The molecule has 0 saturated carbocycles. The molecule has 0 aliphatic heterocycles. The lowest BCUT2D eigenvalue weighted by atomic mass is 9.97. The van der Waals surface area contributed by atoms with Crippen molar-refractivity contribution in [2.24, 2.45) is 14.1 Å². The highest BCUT2D eigenvalue weighted by Gasteiger charge is 2.15. The van der Waals surface area contributed by atoms with Crippen molar-refractivity contribution >= 4 is 27.4 Å². The molecular formula is C21H20N2. The molecule has 0 spiro atoms. The first-order valence-electron chi connectivity index (χ1n) is 7.96. The lowest BCUT2D eigenvalue weighted by molar-refractivity contribution is 0.964. The van der Waals surface area contributed by atoms with E-state index in [2.05, 4.69) is 97.2 Å². The number of aromatic nitrogens is 2. The van der Waals surface area contributed by atoms with E-state index in [1.165, 1.54) is 38.5 Å². The fourth-order valence-corrected chi connectivity index (χ4v) is 3.57. The summed E-state index contributed by atoms with van der Waals surface area (Å²) in [4.78, 5) is 0. The molecule has 0 radical (unpaired) electrons. The molecule has 4 rings (SSSR count). The predicted molar refractivity (Wildman–Crippen MR) is 98.6 cm³/mol. The van der Waals surface area contributed by atoms with Gasteiger partial charge in [-0.1, -0.05) is 42.5 Å². The van der Waals surface area contributed by atoms with Gasteiger partial charge in [0.25, 0.3) is 0 Å². The number of hydrogen-bond acceptors (Lipinski definition) is 0. The molecule has 2 heterocycles. The predicted octanol–water partition coefficient (Wildman–Crippen LogP) is 5.12. The Kier molecular flexibility index (Phi) is 3.12. The van der Waals surface area contributed by atoms with Gasteiger partial charge in [-0.2, -0.15) is 0 Å². The van der Waals surface area contributed by atoms with Gasteiger partial charge < -0.3 is 9.13 Å². The fourth-order valence-electron chi connectivity index (χ4n) is 3.57. The fraction of sp³-hybridized carbons (Fsp3) is 0.143. The van der Waals surface area contributed by atoms with E-state index in [0.717, 1.165) is 0 Å². The minimum Gasteiger partial charge on any atom is -0.350 e. The van der Waals surface area contributed by atoms with Crippen LogP contribution in [0.3, 0.4) is 0 Å². The summed E-state index contributed by atoms with van der Waals surface area (Å²) in [5, 5.41) is 2.60. The van der Waals surface area contributed by atoms with E-state index in [1.54, 1.807) is 0 Å². The van der Waals surface area contributed by atoms with E-state index in [1.807, 2.05) is 0 Å². The Bertz CT molecular complexity index is 962. The molecule has 0 bridgehead atoms. The highest BCUT2D eigenvalue weighted by atomic mass is 14.9. The van der Waals surface area contributed by atoms with E-state index in [9.17, 15) is 0 Å². The van der Waals surface area contributed by atoms with Gasteiger partial charge in [0.2, 0.25) is 0 Å². The Morgan fingerprint density at radius 1 is 0.739 bits per heavy atom. The van der Waals surface area contributed by atoms with Crippen molar-refractivity contribution in [1.29, 1.82) is 0 Å². The molecule has 2 heteroatoms. The minimum atomic E-state index is 1.27. The van der Waals surface area contributed by atoms with Crippen molar-refractivity contribution in [3.8, 4) is 0 Å². The Balaban J connectivity index is 2.02. The van der Waals surface area contributed by atoms with Gasteiger partial charge in [-0.25, -0.2) is 0 Å². The highest BCUT2D eigenvalue weighted by molar-refractivity contribution is 6.03. The summed E-state index contributed by atoms with van der Waals surface area (Å²) in [6, 6.07) is 17.2. The van der Waals surface area contributed by atoms with Crippen molar-refractivity contribution in [2.75, 3.05) is 0 Å². The van der Waals surface area contributed by atoms with Crippen LogP contribution in [0.1, 0.15) is 18.1 Å². The van der Waals surface area contributed by atoms with E-state index < -0.39 is 0 Å². The third kappa shape index (κ3) is 2.02. The topological polar surface area (TPSA) is 9.86 Å². The van der Waals surface area contributed by atoms with Gasteiger partial charge in [0.1, 0.15) is 0 Å². The van der Waals surface area contributed by atoms with Crippen LogP contribution in [0.5, 0.6) is 0 Å². The SMILES string of the molecule is CC=C(c1cn(C)c2ccccc12)c1cn(C)c2ccccc12. The summed E-state index contributed by atoms with van der Waals surface area (Å²) in [5.41, 5.74) is 6.41. The standard InChI is InChI=1S/C21H20N2/c1-4-15(18-13-22(2)20-11-7-5-9-16(18)20)19-14-23(3)21-12-8-6-10-17(19)21/h4-14H,1-3H3. The third-order valence-electron chi connectivity index (χ3n) is 4.66. The molecular weight excluding hydrogens is 280 g/mol. The molecule has 0 atom stereocenters. The molecule has 114 valence electrons. The Morgan fingerprint density at radius 2 is 1.17 bits per heavy atom. The summed E-state index contributed by atoms with van der Waals surface area (Å²) in [5.74, 6) is 0. The maximum Gasteiger partial charge on any atom is 0.0484 e. The van der Waals surface area contributed by atoms with Crippen LogP contribution in [0.25, 0.3) is 27.4 Å². The van der Waals surface area contributed by atoms with Crippen LogP contribution in [0.4, 0.5) is 0 Å². The van der Waals surface area contributed by atoms with Gasteiger partial charge in [0, 0.05) is 59.4 Å². The quantitative estimate of drug-likeness (QED) is 0.486. The van der Waals surface area contributed by atoms with Crippen LogP contribution in [0.2, 0.25) is 0 Å². The van der Waals surface area contributed by atoms with Gasteiger partial charge in [0.05, 0.1) is 0 Å². The molecule has 2 nitrogen and oxygen atoms in total. The van der Waals surface area contributed by atoms with Crippen LogP contribution >= 0.6 is 0 Å². The maximum absolute atomic E-state index is 2.24. The Labute approximate surface area is 136 Å². The monoisotopic (exact) mass is 300 g/mol. The van der Waals surface area contributed by atoms with Crippen LogP contribution in [0, 0.1) is 0 Å². The van der Waals surface area contributed by atoms with Crippen LogP contribution < -0.4 is 0 Å². The minimum absolute atomic E-state index is 1.27. The zero-order valence-electron chi connectivity index (χ0n) is 13.7. The molecule has 0 aliphatic rings. The lowest BCUT2D eigenvalue weighted by Crippen LogP contribution is -1.86. The normalized spacial score (nSPS) is 11.3. The van der Waals surface area contributed by atoms with E-state index in [0.29, 0.717) is 0 Å². The van der Waals surface area contributed by atoms with Crippen molar-refractivity contribution < 1.29 is 0 Å². The summed E-state index contributed by atoms with van der Waals surface area (Å²) >= 11 is 0. The van der Waals surface area contributed by atoms with Crippen molar-refractivity contribution in [1.82, 2.24) is 9.13 Å². The highest BCUT2D eigenvalue weighted by Crippen LogP contribution is 2.35. The summed E-state index contributed by atoms with van der Waals surface area (Å²) in [6.45, 7) is 2.12. The number of fused-ring (bicyclic) bond motifs is 2. The molecule has 2 aromatic carbocycles. The number of hydrogen-bond donors (Lipinski definition) is 0. The number of para-hydroxylation sites is 2. The van der Waals surface area contributed by atoms with Crippen LogP contribution in [-0.2, 0) is 14.1 Å². The number of rotatable bonds is 2. The average molecular weight is 300 g/mol. The molecule has 0 aliphatic carbocycles. The van der Waals surface area contributed by atoms with Crippen molar-refractivity contribution in [3.63, 3.8) is 0 Å². The molecule has 0 unspecified atom stereocenters. The van der Waals surface area contributed by atoms with Gasteiger partial charge in [0.15, 0.2) is 0 Å². The van der Waals surface area contributed by atoms with Gasteiger partial charge in [-0.3, -0.25) is 0 Å². The Morgan fingerprint density at radius 3 is 1.61 bits per heavy atom. The van der Waals surface area contributed by atoms with Crippen LogP contribution in [0.15, 0.2) is 67.0 Å². The second kappa shape index (κ2) is 5.17. The van der Waals surface area contributed by atoms with E-state index in [4.69, 9.17) is 0 Å². The van der Waals surface area contributed by atoms with Crippen molar-refractivity contribution in [2.45, 2.75) is 6.92 Å². The maximum atomic E-state index is 2.24. The summed E-state index contributed by atoms with van der Waals surface area (Å²) in [7, 11) is 4.23. The Hall–Kier alpha value is -2.74. The van der Waals surface area contributed by atoms with E-state index in [-0.39, 0.29) is 0 Å². The average Bonchev–Trinajstić information content (AvgIpc) is 3.09. The second-order valence-corrected chi connectivity index (χ2v) is 6.04. The van der Waals surface area contributed by atoms with Gasteiger partial charge in [-0.05, 0) is 24.6 Å². The molecule has 0 fully saturated rings. The zero-order chi connectivity index (χ0) is 16.0. The first kappa shape index (κ1) is 13.9. The molecule has 23 heavy (non-hydrogen) atoms. The van der Waals surface area contributed by atoms with Gasteiger partial charge >= 0.3 is 0 Å². The number of aryl methyl sites for hydroxylation is 2. The van der Waals surface area contributed by atoms with Gasteiger partial charge in [-0.15, -0.1) is 0 Å². The second-order valence-electron chi connectivity index (χ2n) is 6.04. The lowest BCUT2D eigenvalue weighted by Gasteiger charge is -2.05. The first-order valence-corrected chi connectivity index (χ1v) is 7.96. The number of allylic oxidation sites excluding steroid dienone is 1. The summed E-state index contributed by atoms with van der Waals surface area (Å²) in [6.07, 6.45) is 6.70. The molecule has 0 N–H and O–H groups in total. The number of nitrogens with zero attached hydrogens (tertiary/aromatic N) is 2. The zero-order valence-corrected chi connectivity index (χ0v) is 13.7. The molecule has 0 saturated heterocycles. The third-order valence-corrected chi connectivity index (χ3v) is 4.66. The van der Waals surface area contributed by atoms with E-state index >= 15 is 0 Å².